The Morgan fingerprint density at radius 1 is 1.00 bits per heavy atom. The van der Waals surface area contributed by atoms with Gasteiger partial charge in [-0.05, 0) is 36.5 Å². The third kappa shape index (κ3) is 1.54. The lowest BCUT2D eigenvalue weighted by molar-refractivity contribution is 0.667. The van der Waals surface area contributed by atoms with Gasteiger partial charge in [-0.25, -0.2) is 0 Å². The first-order valence-electron chi connectivity index (χ1n) is 6.38. The summed E-state index contributed by atoms with van der Waals surface area (Å²) in [5.74, 6) is 0.661. The van der Waals surface area contributed by atoms with E-state index in [4.69, 9.17) is 16.0 Å². The molecule has 1 fully saturated rings. The number of benzene rings is 2. The quantitative estimate of drug-likeness (QED) is 0.569. The molecule has 1 atom stereocenters. The van der Waals surface area contributed by atoms with Gasteiger partial charge in [-0.1, -0.05) is 30.3 Å². The summed E-state index contributed by atoms with van der Waals surface area (Å²) in [6.45, 7) is 0. The maximum absolute atomic E-state index is 6.46. The number of hydrogen-bond acceptors (Lipinski definition) is 1. The maximum Gasteiger partial charge on any atom is 0.135 e. The monoisotopic (exact) mass is 256 g/mol. The number of rotatable bonds is 2. The van der Waals surface area contributed by atoms with E-state index in [0.717, 1.165) is 11.2 Å². The normalized spacial score (nSPS) is 17.4. The standard InChI is InChI=1S/C16H13ClO/c17-16(10-5-6-10)11-7-8-13-12-3-1-2-4-14(12)18-15(13)9-11/h1-4,7-10,16H,5-6H2. The number of halogens is 1. The van der Waals surface area contributed by atoms with Crippen LogP contribution in [0.5, 0.6) is 0 Å². The smallest absolute Gasteiger partial charge is 0.135 e. The van der Waals surface area contributed by atoms with Crippen LogP contribution in [0.15, 0.2) is 46.9 Å². The van der Waals surface area contributed by atoms with Gasteiger partial charge in [-0.15, -0.1) is 11.6 Å². The molecule has 1 nitrogen and oxygen atoms in total. The lowest BCUT2D eigenvalue weighted by Gasteiger charge is -2.07. The lowest BCUT2D eigenvalue weighted by Crippen LogP contribution is -1.91. The molecule has 0 aliphatic heterocycles. The predicted octanol–water partition coefficient (Wildman–Crippen LogP) is 5.28. The zero-order valence-corrected chi connectivity index (χ0v) is 10.7. The molecule has 0 amide bonds. The van der Waals surface area contributed by atoms with Crippen molar-refractivity contribution in [3.63, 3.8) is 0 Å². The van der Waals surface area contributed by atoms with E-state index in [-0.39, 0.29) is 5.38 Å². The van der Waals surface area contributed by atoms with Gasteiger partial charge < -0.3 is 4.42 Å². The zero-order valence-electron chi connectivity index (χ0n) is 9.90. The van der Waals surface area contributed by atoms with Gasteiger partial charge in [0.05, 0.1) is 5.38 Å². The van der Waals surface area contributed by atoms with E-state index in [1.54, 1.807) is 0 Å². The Morgan fingerprint density at radius 3 is 2.61 bits per heavy atom. The predicted molar refractivity (Wildman–Crippen MR) is 75.0 cm³/mol. The first-order valence-corrected chi connectivity index (χ1v) is 6.82. The molecule has 1 saturated carbocycles. The average Bonchev–Trinajstić information content (AvgIpc) is 3.18. The summed E-state index contributed by atoms with van der Waals surface area (Å²) >= 11 is 6.46. The molecule has 2 aromatic carbocycles. The Balaban J connectivity index is 1.91. The number of alkyl halides is 1. The second-order valence-electron chi connectivity index (χ2n) is 5.09. The molecule has 0 bridgehead atoms. The highest BCUT2D eigenvalue weighted by atomic mass is 35.5. The van der Waals surface area contributed by atoms with Crippen LogP contribution in [-0.2, 0) is 0 Å². The van der Waals surface area contributed by atoms with Gasteiger partial charge in [-0.2, -0.15) is 0 Å². The highest BCUT2D eigenvalue weighted by Gasteiger charge is 2.31. The summed E-state index contributed by atoms with van der Waals surface area (Å²) in [6.07, 6.45) is 2.51. The fourth-order valence-electron chi connectivity index (χ4n) is 2.58. The third-order valence-corrected chi connectivity index (χ3v) is 4.37. The van der Waals surface area contributed by atoms with Crippen LogP contribution in [0, 0.1) is 5.92 Å². The Morgan fingerprint density at radius 2 is 1.78 bits per heavy atom. The van der Waals surface area contributed by atoms with Crippen molar-refractivity contribution >= 4 is 33.5 Å². The summed E-state index contributed by atoms with van der Waals surface area (Å²) in [7, 11) is 0. The van der Waals surface area contributed by atoms with E-state index in [1.807, 2.05) is 18.2 Å². The number of fused-ring (bicyclic) bond motifs is 3. The molecule has 1 aromatic heterocycles. The molecule has 2 heteroatoms. The van der Waals surface area contributed by atoms with E-state index in [9.17, 15) is 0 Å². The Labute approximate surface area is 110 Å². The minimum atomic E-state index is 0.141. The van der Waals surface area contributed by atoms with E-state index >= 15 is 0 Å². The second-order valence-corrected chi connectivity index (χ2v) is 5.56. The molecule has 0 spiro atoms. The molecule has 0 saturated heterocycles. The van der Waals surface area contributed by atoms with Crippen LogP contribution in [0.2, 0.25) is 0 Å². The van der Waals surface area contributed by atoms with Crippen molar-refractivity contribution in [3.8, 4) is 0 Å². The van der Waals surface area contributed by atoms with E-state index in [1.165, 1.54) is 29.2 Å². The summed E-state index contributed by atoms with van der Waals surface area (Å²) in [4.78, 5) is 0. The van der Waals surface area contributed by atoms with Crippen LogP contribution in [0.25, 0.3) is 21.9 Å². The first-order chi connectivity index (χ1) is 8.83. The molecule has 4 rings (SSSR count). The molecular weight excluding hydrogens is 244 g/mol. The van der Waals surface area contributed by atoms with Gasteiger partial charge in [-0.3, -0.25) is 0 Å². The van der Waals surface area contributed by atoms with E-state index in [0.29, 0.717) is 5.92 Å². The summed E-state index contributed by atoms with van der Waals surface area (Å²) < 4.78 is 5.88. The molecule has 1 aliphatic rings. The molecular formula is C16H13ClO. The summed E-state index contributed by atoms with van der Waals surface area (Å²) in [5, 5.41) is 2.49. The molecule has 18 heavy (non-hydrogen) atoms. The first kappa shape index (κ1) is 10.5. The Bertz CT molecular complexity index is 724. The van der Waals surface area contributed by atoms with Crippen LogP contribution in [-0.4, -0.2) is 0 Å². The van der Waals surface area contributed by atoms with E-state index in [2.05, 4.69) is 24.3 Å². The molecule has 90 valence electrons. The third-order valence-electron chi connectivity index (χ3n) is 3.76. The summed E-state index contributed by atoms with van der Waals surface area (Å²) in [5.41, 5.74) is 3.08. The number of furan rings is 1. The van der Waals surface area contributed by atoms with Gasteiger partial charge >= 0.3 is 0 Å². The van der Waals surface area contributed by atoms with E-state index < -0.39 is 0 Å². The topological polar surface area (TPSA) is 13.1 Å². The second kappa shape index (κ2) is 3.76. The van der Waals surface area contributed by atoms with Gasteiger partial charge in [0.1, 0.15) is 11.2 Å². The van der Waals surface area contributed by atoms with Crippen LogP contribution in [0.4, 0.5) is 0 Å². The SMILES string of the molecule is ClC(c1ccc2c(c1)oc1ccccc12)C1CC1. The van der Waals surface area contributed by atoms with Crippen LogP contribution < -0.4 is 0 Å². The van der Waals surface area contributed by atoms with Gasteiger partial charge in [0.2, 0.25) is 0 Å². The number of para-hydroxylation sites is 1. The molecule has 1 unspecified atom stereocenters. The molecule has 1 heterocycles. The largest absolute Gasteiger partial charge is 0.456 e. The van der Waals surface area contributed by atoms with Gasteiger partial charge in [0, 0.05) is 10.8 Å². The molecule has 0 N–H and O–H groups in total. The minimum Gasteiger partial charge on any atom is -0.456 e. The maximum atomic E-state index is 6.46. The average molecular weight is 257 g/mol. The van der Waals surface area contributed by atoms with Crippen molar-refractivity contribution < 1.29 is 4.42 Å². The highest BCUT2D eigenvalue weighted by Crippen LogP contribution is 2.45. The van der Waals surface area contributed by atoms with Crippen LogP contribution in [0.3, 0.4) is 0 Å². The molecule has 0 radical (unpaired) electrons. The fraction of sp³-hybridized carbons (Fsp3) is 0.250. The van der Waals surface area contributed by atoms with Crippen molar-refractivity contribution in [1.29, 1.82) is 0 Å². The van der Waals surface area contributed by atoms with Gasteiger partial charge in [0.25, 0.3) is 0 Å². The molecule has 1 aliphatic carbocycles. The Hall–Kier alpha value is -1.47. The van der Waals surface area contributed by atoms with Crippen molar-refractivity contribution in [2.75, 3.05) is 0 Å². The Kier molecular flexibility index (Phi) is 2.18. The minimum absolute atomic E-state index is 0.141. The van der Waals surface area contributed by atoms with Crippen LogP contribution >= 0.6 is 11.6 Å². The van der Waals surface area contributed by atoms with Gasteiger partial charge in [0.15, 0.2) is 0 Å². The van der Waals surface area contributed by atoms with Crippen molar-refractivity contribution in [3.05, 3.63) is 48.0 Å². The fourth-order valence-corrected chi connectivity index (χ4v) is 2.96. The number of hydrogen-bond donors (Lipinski definition) is 0. The highest BCUT2D eigenvalue weighted by molar-refractivity contribution is 6.21. The van der Waals surface area contributed by atoms with Crippen LogP contribution in [0.1, 0.15) is 23.8 Å². The van der Waals surface area contributed by atoms with Crippen molar-refractivity contribution in [1.82, 2.24) is 0 Å². The summed E-state index contributed by atoms with van der Waals surface area (Å²) in [6, 6.07) is 14.5. The molecule has 3 aromatic rings. The van der Waals surface area contributed by atoms with Crippen molar-refractivity contribution in [2.45, 2.75) is 18.2 Å². The van der Waals surface area contributed by atoms with Crippen molar-refractivity contribution in [2.24, 2.45) is 5.92 Å². The lowest BCUT2D eigenvalue weighted by atomic mass is 10.1. The zero-order chi connectivity index (χ0) is 12.1.